The number of likely N-dealkylation sites (N-methyl/N-ethyl adjacent to an activating group) is 1. The van der Waals surface area contributed by atoms with Gasteiger partial charge in [-0.1, -0.05) is 6.07 Å². The van der Waals surface area contributed by atoms with Crippen LogP contribution in [-0.2, 0) is 11.3 Å². The molecule has 0 atom stereocenters. The van der Waals surface area contributed by atoms with Gasteiger partial charge >= 0.3 is 0 Å². The fourth-order valence-electron chi connectivity index (χ4n) is 2.47. The molecule has 0 spiro atoms. The van der Waals surface area contributed by atoms with Crippen molar-refractivity contribution in [2.45, 2.75) is 25.0 Å². The van der Waals surface area contributed by atoms with Crippen LogP contribution in [-0.4, -0.2) is 37.5 Å². The van der Waals surface area contributed by atoms with Gasteiger partial charge in [0, 0.05) is 46.2 Å². The number of benzene rings is 1. The van der Waals surface area contributed by atoms with Gasteiger partial charge in [-0.2, -0.15) is 0 Å². The summed E-state index contributed by atoms with van der Waals surface area (Å²) in [6.07, 6.45) is 1.14. The number of nitrogens with two attached hydrogens (primary N) is 1. The molecule has 0 bridgehead atoms. The second-order valence-electron chi connectivity index (χ2n) is 5.27. The minimum Gasteiger partial charge on any atom is -0.388 e. The van der Waals surface area contributed by atoms with Gasteiger partial charge in [0.1, 0.15) is 0 Å². The Balaban J connectivity index is 2.16. The first kappa shape index (κ1) is 15.7. The highest BCUT2D eigenvalue weighted by Crippen LogP contribution is 2.31. The lowest BCUT2D eigenvalue weighted by molar-refractivity contribution is -0.0573. The highest BCUT2D eigenvalue weighted by molar-refractivity contribution is 9.10. The summed E-state index contributed by atoms with van der Waals surface area (Å²) < 4.78 is 20.0. The lowest BCUT2D eigenvalue weighted by atomic mass is 9.93. The minimum absolute atomic E-state index is 0.281. The summed E-state index contributed by atoms with van der Waals surface area (Å²) in [6.45, 7) is 1.75. The van der Waals surface area contributed by atoms with E-state index in [1.54, 1.807) is 24.1 Å². The zero-order valence-corrected chi connectivity index (χ0v) is 13.1. The van der Waals surface area contributed by atoms with Crippen LogP contribution in [0.2, 0.25) is 0 Å². The predicted molar refractivity (Wildman–Crippen MR) is 80.3 cm³/mol. The largest absolute Gasteiger partial charge is 0.388 e. The fourth-order valence-corrected chi connectivity index (χ4v) is 2.96. The van der Waals surface area contributed by atoms with Crippen molar-refractivity contribution in [3.63, 3.8) is 0 Å². The molecule has 1 aliphatic rings. The van der Waals surface area contributed by atoms with Crippen molar-refractivity contribution < 1.29 is 14.2 Å². The highest BCUT2D eigenvalue weighted by atomic mass is 79.9. The van der Waals surface area contributed by atoms with E-state index in [4.69, 9.17) is 10.5 Å². The van der Waals surface area contributed by atoms with Crippen LogP contribution < -0.4 is 10.6 Å². The van der Waals surface area contributed by atoms with E-state index in [0.717, 1.165) is 5.56 Å². The van der Waals surface area contributed by atoms with Crippen LogP contribution in [0, 0.1) is 5.82 Å². The average molecular weight is 347 g/mol. The Morgan fingerprint density at radius 3 is 2.70 bits per heavy atom. The maximum atomic E-state index is 14.3. The van der Waals surface area contributed by atoms with Gasteiger partial charge in [-0.25, -0.2) is 4.39 Å². The number of halogens is 2. The van der Waals surface area contributed by atoms with Crippen molar-refractivity contribution >= 4 is 21.6 Å². The van der Waals surface area contributed by atoms with Crippen LogP contribution in [0.15, 0.2) is 16.6 Å². The smallest absolute Gasteiger partial charge is 0.160 e. The second-order valence-corrected chi connectivity index (χ2v) is 6.06. The van der Waals surface area contributed by atoms with Gasteiger partial charge in [0.15, 0.2) is 5.82 Å². The summed E-state index contributed by atoms with van der Waals surface area (Å²) in [5, 5.41) is 10.5. The Kier molecular flexibility index (Phi) is 5.01. The van der Waals surface area contributed by atoms with Crippen LogP contribution >= 0.6 is 15.9 Å². The summed E-state index contributed by atoms with van der Waals surface area (Å²) >= 11 is 3.23. The third-order valence-electron chi connectivity index (χ3n) is 3.73. The van der Waals surface area contributed by atoms with E-state index in [-0.39, 0.29) is 12.4 Å². The first-order valence-electron chi connectivity index (χ1n) is 6.65. The van der Waals surface area contributed by atoms with Gasteiger partial charge in [-0.05, 0) is 27.6 Å². The Bertz CT molecular complexity index is 478. The van der Waals surface area contributed by atoms with Gasteiger partial charge < -0.3 is 20.5 Å². The molecule has 0 saturated carbocycles. The zero-order valence-electron chi connectivity index (χ0n) is 11.5. The van der Waals surface area contributed by atoms with Crippen LogP contribution in [0.3, 0.4) is 0 Å². The number of nitrogens with zero attached hydrogens (tertiary/aromatic N) is 1. The van der Waals surface area contributed by atoms with E-state index < -0.39 is 5.60 Å². The third-order valence-corrected chi connectivity index (χ3v) is 4.59. The molecular weight excluding hydrogens is 327 g/mol. The van der Waals surface area contributed by atoms with Gasteiger partial charge in [0.05, 0.1) is 15.8 Å². The molecule has 0 radical (unpaired) electrons. The van der Waals surface area contributed by atoms with Crippen molar-refractivity contribution in [1.29, 1.82) is 0 Å². The van der Waals surface area contributed by atoms with Crippen LogP contribution in [0.1, 0.15) is 18.4 Å². The Labute approximate surface area is 126 Å². The molecule has 0 aliphatic carbocycles. The maximum absolute atomic E-state index is 14.3. The second kappa shape index (κ2) is 6.39. The van der Waals surface area contributed by atoms with E-state index in [1.807, 2.05) is 0 Å². The van der Waals surface area contributed by atoms with E-state index in [2.05, 4.69) is 15.9 Å². The Hall–Kier alpha value is -0.690. The zero-order chi connectivity index (χ0) is 14.8. The summed E-state index contributed by atoms with van der Waals surface area (Å²) in [5.74, 6) is -0.342. The van der Waals surface area contributed by atoms with Crippen LogP contribution in [0.25, 0.3) is 0 Å². The minimum atomic E-state index is -0.821. The van der Waals surface area contributed by atoms with Gasteiger partial charge in [-0.3, -0.25) is 0 Å². The standard InChI is InChI=1S/C14H20BrFN2O2/c1-18(9-14(19)4-6-20-7-5-14)11-3-2-10(8-17)12(15)13(11)16/h2-3,19H,4-9,17H2,1H3. The molecule has 0 unspecified atom stereocenters. The number of hydrogen-bond donors (Lipinski definition) is 2. The summed E-state index contributed by atoms with van der Waals surface area (Å²) in [5.41, 5.74) is 5.91. The molecule has 6 heteroatoms. The molecule has 0 aromatic heterocycles. The lowest BCUT2D eigenvalue weighted by Crippen LogP contribution is -2.46. The first-order valence-corrected chi connectivity index (χ1v) is 7.44. The molecule has 1 saturated heterocycles. The number of aliphatic hydroxyl groups is 1. The van der Waals surface area contributed by atoms with E-state index in [9.17, 15) is 9.50 Å². The Morgan fingerprint density at radius 1 is 1.45 bits per heavy atom. The molecule has 4 nitrogen and oxygen atoms in total. The van der Waals surface area contributed by atoms with Crippen molar-refractivity contribution in [3.05, 3.63) is 28.0 Å². The number of ether oxygens (including phenoxy) is 1. The van der Waals surface area contributed by atoms with Crippen LogP contribution in [0.4, 0.5) is 10.1 Å². The first-order chi connectivity index (χ1) is 9.47. The monoisotopic (exact) mass is 346 g/mol. The molecule has 1 aliphatic heterocycles. The normalized spacial score (nSPS) is 18.1. The third kappa shape index (κ3) is 3.31. The molecule has 1 fully saturated rings. The predicted octanol–water partition coefficient (Wildman–Crippen LogP) is 2.02. The number of hydrogen-bond acceptors (Lipinski definition) is 4. The Morgan fingerprint density at radius 2 is 2.10 bits per heavy atom. The molecule has 112 valence electrons. The van der Waals surface area contributed by atoms with Crippen molar-refractivity contribution in [3.8, 4) is 0 Å². The highest BCUT2D eigenvalue weighted by Gasteiger charge is 2.31. The van der Waals surface area contributed by atoms with Crippen molar-refractivity contribution in [1.82, 2.24) is 0 Å². The van der Waals surface area contributed by atoms with Crippen LogP contribution in [0.5, 0.6) is 0 Å². The molecule has 2 rings (SSSR count). The lowest BCUT2D eigenvalue weighted by Gasteiger charge is -2.36. The van der Waals surface area contributed by atoms with E-state index in [1.165, 1.54) is 0 Å². The SMILES string of the molecule is CN(CC1(O)CCOCC1)c1ccc(CN)c(Br)c1F. The molecule has 1 aromatic carbocycles. The molecule has 20 heavy (non-hydrogen) atoms. The van der Waals surface area contributed by atoms with E-state index >= 15 is 0 Å². The van der Waals surface area contributed by atoms with Gasteiger partial charge in [-0.15, -0.1) is 0 Å². The summed E-state index contributed by atoms with van der Waals surface area (Å²) in [4.78, 5) is 1.74. The molecule has 1 aromatic rings. The molecule has 3 N–H and O–H groups in total. The summed E-state index contributed by atoms with van der Waals surface area (Å²) in [7, 11) is 1.78. The quantitative estimate of drug-likeness (QED) is 0.875. The maximum Gasteiger partial charge on any atom is 0.160 e. The number of rotatable bonds is 4. The number of anilines is 1. The van der Waals surface area contributed by atoms with Crippen molar-refractivity contribution in [2.75, 3.05) is 31.7 Å². The summed E-state index contributed by atoms with van der Waals surface area (Å²) in [6, 6.07) is 3.50. The molecule has 0 amide bonds. The van der Waals surface area contributed by atoms with Gasteiger partial charge in [0.2, 0.25) is 0 Å². The molecule has 1 heterocycles. The topological polar surface area (TPSA) is 58.7 Å². The van der Waals surface area contributed by atoms with Gasteiger partial charge in [0.25, 0.3) is 0 Å². The molecular formula is C14H20BrFN2O2. The average Bonchev–Trinajstić information content (AvgIpc) is 2.42. The van der Waals surface area contributed by atoms with Crippen molar-refractivity contribution in [2.24, 2.45) is 5.73 Å². The fraction of sp³-hybridized carbons (Fsp3) is 0.571. The van der Waals surface area contributed by atoms with E-state index in [0.29, 0.717) is 42.8 Å².